The Hall–Kier alpha value is -0.810. The largest absolute Gasteiger partial charge is 0.451 e. The molecular weight excluding hydrogens is 371 g/mol. The zero-order chi connectivity index (χ0) is 13.6. The fourth-order valence-corrected chi connectivity index (χ4v) is 3.66. The molecule has 0 spiro atoms. The SMILES string of the molecule is O=C(c1cc2cc(Cl)cc(Cl)c2o1)c1cc(Br)cs1. The molecule has 6 heteroatoms. The molecule has 2 heterocycles. The third kappa shape index (κ3) is 2.46. The predicted octanol–water partition coefficient (Wildman–Crippen LogP) is 5.79. The third-order valence-electron chi connectivity index (χ3n) is 2.55. The van der Waals surface area contributed by atoms with Crippen molar-refractivity contribution in [1.29, 1.82) is 0 Å². The van der Waals surface area contributed by atoms with Gasteiger partial charge in [0.25, 0.3) is 0 Å². The molecule has 0 unspecified atom stereocenters. The van der Waals surface area contributed by atoms with Crippen LogP contribution in [0.1, 0.15) is 15.4 Å². The number of carbonyl (C=O) groups excluding carboxylic acids is 1. The highest BCUT2D eigenvalue weighted by Crippen LogP contribution is 2.32. The second-order valence-corrected chi connectivity index (χ2v) is 6.55. The normalized spacial score (nSPS) is 11.1. The monoisotopic (exact) mass is 374 g/mol. The zero-order valence-electron chi connectivity index (χ0n) is 9.25. The molecule has 19 heavy (non-hydrogen) atoms. The van der Waals surface area contributed by atoms with Crippen molar-refractivity contribution in [2.45, 2.75) is 0 Å². The number of hydrogen-bond donors (Lipinski definition) is 0. The summed E-state index contributed by atoms with van der Waals surface area (Å²) < 4.78 is 6.40. The third-order valence-corrected chi connectivity index (χ3v) is 4.74. The zero-order valence-corrected chi connectivity index (χ0v) is 13.2. The Balaban J connectivity index is 2.11. The molecule has 0 aliphatic rings. The summed E-state index contributed by atoms with van der Waals surface area (Å²) in [6, 6.07) is 6.72. The molecule has 0 N–H and O–H groups in total. The number of carbonyl (C=O) groups is 1. The minimum atomic E-state index is -0.168. The van der Waals surface area contributed by atoms with Gasteiger partial charge in [-0.3, -0.25) is 4.79 Å². The Labute approximate surface area is 131 Å². The topological polar surface area (TPSA) is 30.2 Å². The van der Waals surface area contributed by atoms with Crippen molar-refractivity contribution in [3.8, 4) is 0 Å². The summed E-state index contributed by atoms with van der Waals surface area (Å²) in [6.45, 7) is 0. The van der Waals surface area contributed by atoms with Gasteiger partial charge < -0.3 is 4.42 Å². The van der Waals surface area contributed by atoms with Crippen LogP contribution in [-0.4, -0.2) is 5.78 Å². The maximum atomic E-state index is 12.2. The molecule has 0 aliphatic heterocycles. The van der Waals surface area contributed by atoms with Crippen LogP contribution >= 0.6 is 50.5 Å². The molecule has 3 rings (SSSR count). The molecule has 0 saturated carbocycles. The molecule has 2 nitrogen and oxygen atoms in total. The van der Waals surface area contributed by atoms with E-state index in [1.165, 1.54) is 11.3 Å². The molecule has 3 aromatic rings. The summed E-state index contributed by atoms with van der Waals surface area (Å²) in [5.41, 5.74) is 0.477. The minimum absolute atomic E-state index is 0.168. The quantitative estimate of drug-likeness (QED) is 0.530. The molecule has 0 radical (unpaired) electrons. The molecule has 0 saturated heterocycles. The first-order valence-electron chi connectivity index (χ1n) is 5.22. The van der Waals surface area contributed by atoms with Crippen LogP contribution in [0.25, 0.3) is 11.0 Å². The minimum Gasteiger partial charge on any atom is -0.451 e. The lowest BCUT2D eigenvalue weighted by atomic mass is 10.2. The van der Waals surface area contributed by atoms with E-state index in [9.17, 15) is 4.79 Å². The number of benzene rings is 1. The highest BCUT2D eigenvalue weighted by molar-refractivity contribution is 9.10. The Morgan fingerprint density at radius 2 is 2.00 bits per heavy atom. The van der Waals surface area contributed by atoms with Crippen LogP contribution < -0.4 is 0 Å². The first kappa shape index (κ1) is 13.2. The van der Waals surface area contributed by atoms with E-state index >= 15 is 0 Å². The average Bonchev–Trinajstić information content (AvgIpc) is 2.94. The van der Waals surface area contributed by atoms with Crippen molar-refractivity contribution in [2.75, 3.05) is 0 Å². The van der Waals surface area contributed by atoms with Gasteiger partial charge in [0.05, 0.1) is 9.90 Å². The molecule has 2 aromatic heterocycles. The van der Waals surface area contributed by atoms with E-state index in [0.717, 1.165) is 9.86 Å². The van der Waals surface area contributed by atoms with Crippen LogP contribution in [0.2, 0.25) is 10.0 Å². The van der Waals surface area contributed by atoms with E-state index < -0.39 is 0 Å². The summed E-state index contributed by atoms with van der Waals surface area (Å²) in [7, 11) is 0. The summed E-state index contributed by atoms with van der Waals surface area (Å²) in [4.78, 5) is 12.9. The smallest absolute Gasteiger partial charge is 0.238 e. The number of rotatable bonds is 2. The maximum absolute atomic E-state index is 12.2. The van der Waals surface area contributed by atoms with Crippen LogP contribution in [0.15, 0.2) is 38.5 Å². The molecule has 0 fully saturated rings. The number of ketones is 1. The summed E-state index contributed by atoms with van der Waals surface area (Å²) >= 11 is 16.6. The highest BCUT2D eigenvalue weighted by Gasteiger charge is 2.18. The summed E-state index contributed by atoms with van der Waals surface area (Å²) in [5.74, 6) is 0.0904. The molecule has 1 aromatic carbocycles. The van der Waals surface area contributed by atoms with Crippen molar-refractivity contribution < 1.29 is 9.21 Å². The van der Waals surface area contributed by atoms with Gasteiger partial charge in [-0.05, 0) is 40.2 Å². The second-order valence-electron chi connectivity index (χ2n) is 3.87. The summed E-state index contributed by atoms with van der Waals surface area (Å²) in [6.07, 6.45) is 0. The van der Waals surface area contributed by atoms with Crippen molar-refractivity contribution >= 4 is 67.2 Å². The van der Waals surface area contributed by atoms with E-state index in [1.807, 2.05) is 5.38 Å². The van der Waals surface area contributed by atoms with Crippen molar-refractivity contribution in [1.82, 2.24) is 0 Å². The fourth-order valence-electron chi connectivity index (χ4n) is 1.74. The average molecular weight is 376 g/mol. The van der Waals surface area contributed by atoms with Crippen LogP contribution in [0.5, 0.6) is 0 Å². The molecule has 0 bridgehead atoms. The first-order chi connectivity index (χ1) is 9.04. The number of thiophene rings is 1. The molecule has 96 valence electrons. The lowest BCUT2D eigenvalue weighted by Gasteiger charge is -1.93. The lowest BCUT2D eigenvalue weighted by molar-refractivity contribution is 0.101. The van der Waals surface area contributed by atoms with Gasteiger partial charge in [0, 0.05) is 20.3 Å². The van der Waals surface area contributed by atoms with Gasteiger partial charge in [0.15, 0.2) is 11.3 Å². The number of hydrogen-bond acceptors (Lipinski definition) is 3. The Morgan fingerprint density at radius 1 is 1.21 bits per heavy atom. The van der Waals surface area contributed by atoms with Gasteiger partial charge >= 0.3 is 0 Å². The van der Waals surface area contributed by atoms with Gasteiger partial charge in [0.1, 0.15) is 0 Å². The van der Waals surface area contributed by atoms with Crippen LogP contribution in [0.3, 0.4) is 0 Å². The number of halogens is 3. The fraction of sp³-hybridized carbons (Fsp3) is 0. The Bertz CT molecular complexity index is 791. The molecular formula is C13H5BrCl2O2S. The highest BCUT2D eigenvalue weighted by atomic mass is 79.9. The van der Waals surface area contributed by atoms with Gasteiger partial charge in [-0.1, -0.05) is 23.2 Å². The molecule has 0 aliphatic carbocycles. The lowest BCUT2D eigenvalue weighted by Crippen LogP contribution is -1.95. The van der Waals surface area contributed by atoms with E-state index in [1.54, 1.807) is 24.3 Å². The van der Waals surface area contributed by atoms with Gasteiger partial charge in [-0.25, -0.2) is 0 Å². The van der Waals surface area contributed by atoms with E-state index in [-0.39, 0.29) is 11.5 Å². The van der Waals surface area contributed by atoms with Crippen molar-refractivity contribution in [3.05, 3.63) is 54.8 Å². The Kier molecular flexibility index (Phi) is 3.43. The van der Waals surface area contributed by atoms with Crippen LogP contribution in [-0.2, 0) is 0 Å². The number of fused-ring (bicyclic) bond motifs is 1. The van der Waals surface area contributed by atoms with Crippen molar-refractivity contribution in [2.24, 2.45) is 0 Å². The maximum Gasteiger partial charge on any atom is 0.238 e. The molecule has 0 amide bonds. The number of furan rings is 1. The van der Waals surface area contributed by atoms with Crippen molar-refractivity contribution in [3.63, 3.8) is 0 Å². The Morgan fingerprint density at radius 3 is 2.68 bits per heavy atom. The molecule has 0 atom stereocenters. The summed E-state index contributed by atoms with van der Waals surface area (Å²) in [5, 5.41) is 3.47. The van der Waals surface area contributed by atoms with Crippen LogP contribution in [0.4, 0.5) is 0 Å². The predicted molar refractivity (Wildman–Crippen MR) is 81.7 cm³/mol. The van der Waals surface area contributed by atoms with Gasteiger partial charge in [-0.15, -0.1) is 11.3 Å². The first-order valence-corrected chi connectivity index (χ1v) is 7.65. The van der Waals surface area contributed by atoms with Crippen LogP contribution in [0, 0.1) is 0 Å². The second kappa shape index (κ2) is 4.94. The van der Waals surface area contributed by atoms with E-state index in [0.29, 0.717) is 20.5 Å². The van der Waals surface area contributed by atoms with E-state index in [2.05, 4.69) is 15.9 Å². The standard InChI is InChI=1S/C13H5BrCl2O2S/c14-7-3-11(19-5-7)12(17)10-2-6-1-8(15)4-9(16)13(6)18-10/h1-5H. The van der Waals surface area contributed by atoms with Gasteiger partial charge in [-0.2, -0.15) is 0 Å². The van der Waals surface area contributed by atoms with Gasteiger partial charge in [0.2, 0.25) is 5.78 Å². The van der Waals surface area contributed by atoms with E-state index in [4.69, 9.17) is 27.6 Å².